The molecule has 1 saturated heterocycles. The maximum absolute atomic E-state index is 16.2. The second-order valence-electron chi connectivity index (χ2n) is 9.72. The van der Waals surface area contributed by atoms with Gasteiger partial charge in [-0.05, 0) is 56.7 Å². The number of aryl methyl sites for hydroxylation is 1. The van der Waals surface area contributed by atoms with Crippen molar-refractivity contribution in [3.63, 3.8) is 0 Å². The molecule has 0 spiro atoms. The zero-order valence-corrected chi connectivity index (χ0v) is 22.5. The van der Waals surface area contributed by atoms with Gasteiger partial charge in [-0.25, -0.2) is 13.2 Å². The molecular weight excluding hydrogens is 527 g/mol. The van der Waals surface area contributed by atoms with E-state index >= 15 is 8.78 Å². The number of halogens is 3. The first-order valence-electron chi connectivity index (χ1n) is 13.0. The number of thioether (sulfide) groups is 1. The van der Waals surface area contributed by atoms with Gasteiger partial charge in [0.1, 0.15) is 23.8 Å². The molecule has 1 fully saturated rings. The monoisotopic (exact) mass is 557 g/mol. The maximum Gasteiger partial charge on any atom is 0.319 e. The number of benzene rings is 2. The number of fused-ring (bicyclic) bond motifs is 2. The number of rotatable bonds is 9. The van der Waals surface area contributed by atoms with Crippen molar-refractivity contribution in [1.82, 2.24) is 20.2 Å². The Labute approximate surface area is 229 Å². The van der Waals surface area contributed by atoms with Crippen molar-refractivity contribution >= 4 is 34.4 Å². The lowest BCUT2D eigenvalue weighted by Gasteiger charge is -2.21. The van der Waals surface area contributed by atoms with E-state index in [9.17, 15) is 9.18 Å². The summed E-state index contributed by atoms with van der Waals surface area (Å²) < 4.78 is 50.7. The quantitative estimate of drug-likeness (QED) is 0.280. The van der Waals surface area contributed by atoms with Gasteiger partial charge in [0.05, 0.1) is 5.56 Å². The highest BCUT2D eigenvalue weighted by molar-refractivity contribution is 7.99. The molecule has 3 heterocycles. The van der Waals surface area contributed by atoms with Crippen LogP contribution in [-0.4, -0.2) is 65.9 Å². The first-order valence-corrected chi connectivity index (χ1v) is 14.0. The number of carbonyl (C=O) groups is 1. The number of amides is 1. The zero-order chi connectivity index (χ0) is 27.5. The number of hydrogen-bond acceptors (Lipinski definition) is 7. The van der Waals surface area contributed by atoms with E-state index in [1.807, 2.05) is 19.2 Å². The molecule has 1 atom stereocenters. The SMILES string of the molecule is C=C(F)C(=O)NCCNc1nc(OC[C@@H]2CCCN2C)nc2c(F)c(-c3cccc4c3SCCC4)c(F)cc12. The molecular formula is C28H30F3N5O2S. The van der Waals surface area contributed by atoms with Crippen LogP contribution in [0.2, 0.25) is 0 Å². The highest BCUT2D eigenvalue weighted by Gasteiger charge is 2.26. The Hall–Kier alpha value is -3.31. The van der Waals surface area contributed by atoms with Crippen molar-refractivity contribution in [3.05, 3.63) is 53.9 Å². The van der Waals surface area contributed by atoms with Crippen LogP contribution in [0.1, 0.15) is 24.8 Å². The average Bonchev–Trinajstić information content (AvgIpc) is 3.34. The van der Waals surface area contributed by atoms with Crippen LogP contribution in [0.3, 0.4) is 0 Å². The van der Waals surface area contributed by atoms with E-state index in [0.717, 1.165) is 48.4 Å². The molecule has 0 aliphatic carbocycles. The smallest absolute Gasteiger partial charge is 0.319 e. The predicted molar refractivity (Wildman–Crippen MR) is 147 cm³/mol. The second-order valence-corrected chi connectivity index (χ2v) is 10.8. The minimum absolute atomic E-state index is 0.0345. The highest BCUT2D eigenvalue weighted by Crippen LogP contribution is 2.42. The van der Waals surface area contributed by atoms with Gasteiger partial charge in [0.2, 0.25) is 0 Å². The third-order valence-electron chi connectivity index (χ3n) is 7.09. The van der Waals surface area contributed by atoms with Gasteiger partial charge in [-0.2, -0.15) is 9.97 Å². The minimum atomic E-state index is -1.10. The molecule has 2 N–H and O–H groups in total. The molecule has 0 bridgehead atoms. The Morgan fingerprint density at radius 1 is 1.26 bits per heavy atom. The lowest BCUT2D eigenvalue weighted by Crippen LogP contribution is -2.31. The summed E-state index contributed by atoms with van der Waals surface area (Å²) in [6, 6.07) is 6.93. The van der Waals surface area contributed by atoms with Gasteiger partial charge in [-0.3, -0.25) is 4.79 Å². The first kappa shape index (κ1) is 27.3. The van der Waals surface area contributed by atoms with Crippen LogP contribution < -0.4 is 15.4 Å². The fourth-order valence-electron chi connectivity index (χ4n) is 5.02. The molecule has 2 aliphatic heterocycles. The Morgan fingerprint density at radius 2 is 2.10 bits per heavy atom. The molecule has 0 unspecified atom stereocenters. The first-order chi connectivity index (χ1) is 18.8. The number of ether oxygens (including phenoxy) is 1. The molecule has 3 aromatic rings. The fraction of sp³-hybridized carbons (Fsp3) is 0.393. The normalized spacial score (nSPS) is 17.2. The summed E-state index contributed by atoms with van der Waals surface area (Å²) in [4.78, 5) is 23.3. The Balaban J connectivity index is 1.52. The maximum atomic E-state index is 16.2. The lowest BCUT2D eigenvalue weighted by atomic mass is 9.98. The summed E-state index contributed by atoms with van der Waals surface area (Å²) in [5, 5.41) is 5.47. The van der Waals surface area contributed by atoms with Crippen LogP contribution in [-0.2, 0) is 11.2 Å². The molecule has 5 rings (SSSR count). The number of carbonyl (C=O) groups excluding carboxylic acids is 1. The number of nitrogens with one attached hydrogen (secondary N) is 2. The largest absolute Gasteiger partial charge is 0.462 e. The molecule has 1 aromatic heterocycles. The molecule has 0 saturated carbocycles. The highest BCUT2D eigenvalue weighted by atomic mass is 32.2. The molecule has 0 radical (unpaired) electrons. The Bertz CT molecular complexity index is 1420. The van der Waals surface area contributed by atoms with E-state index in [0.29, 0.717) is 12.2 Å². The number of likely N-dealkylation sites (N-methyl/N-ethyl adjacent to an activating group) is 1. The number of hydrogen-bond donors (Lipinski definition) is 2. The molecule has 1 amide bonds. The average molecular weight is 558 g/mol. The number of nitrogens with zero attached hydrogens (tertiary/aromatic N) is 3. The van der Waals surface area contributed by atoms with Crippen LogP contribution in [0, 0.1) is 11.6 Å². The van der Waals surface area contributed by atoms with Crippen LogP contribution in [0.5, 0.6) is 6.01 Å². The van der Waals surface area contributed by atoms with Crippen LogP contribution in [0.15, 0.2) is 41.6 Å². The van der Waals surface area contributed by atoms with Crippen molar-refractivity contribution in [2.45, 2.75) is 36.6 Å². The summed E-state index contributed by atoms with van der Waals surface area (Å²) in [6.45, 7) is 4.40. The van der Waals surface area contributed by atoms with E-state index < -0.39 is 23.4 Å². The van der Waals surface area contributed by atoms with E-state index in [1.54, 1.807) is 17.8 Å². The van der Waals surface area contributed by atoms with Crippen molar-refractivity contribution in [1.29, 1.82) is 0 Å². The van der Waals surface area contributed by atoms with Gasteiger partial charge in [-0.1, -0.05) is 24.8 Å². The van der Waals surface area contributed by atoms with Crippen LogP contribution >= 0.6 is 11.8 Å². The second kappa shape index (κ2) is 11.8. The van der Waals surface area contributed by atoms with Gasteiger partial charge in [0.25, 0.3) is 5.91 Å². The van der Waals surface area contributed by atoms with E-state index in [2.05, 4.69) is 32.1 Å². The minimum Gasteiger partial charge on any atom is -0.462 e. The number of likely N-dealkylation sites (tertiary alicyclic amines) is 1. The Kier molecular flexibility index (Phi) is 8.27. The summed E-state index contributed by atoms with van der Waals surface area (Å²) in [7, 11) is 2.02. The molecule has 39 heavy (non-hydrogen) atoms. The van der Waals surface area contributed by atoms with Crippen molar-refractivity contribution in [2.75, 3.05) is 44.4 Å². The fourth-order valence-corrected chi connectivity index (χ4v) is 6.19. The summed E-state index contributed by atoms with van der Waals surface area (Å²) in [5.41, 5.74) is 1.38. The standard InChI is InChI=1S/C28H30F3N5O2S/c1-16(29)27(37)33-11-10-32-26-20-14-21(30)22(19-9-3-6-17-7-5-13-39-25(17)19)23(31)24(20)34-28(35-26)38-15-18-8-4-12-36(18)2/h3,6,9,14,18H,1,4-5,7-8,10-13,15H2,2H3,(H,33,37)(H,32,34,35)/t18-/m0/s1. The third kappa shape index (κ3) is 5.84. The van der Waals surface area contributed by atoms with Crippen LogP contribution in [0.4, 0.5) is 19.0 Å². The van der Waals surface area contributed by atoms with E-state index in [4.69, 9.17) is 4.74 Å². The molecule has 2 aromatic carbocycles. The Morgan fingerprint density at radius 3 is 2.87 bits per heavy atom. The number of aromatic nitrogens is 2. The molecule has 206 valence electrons. The van der Waals surface area contributed by atoms with E-state index in [-0.39, 0.29) is 47.4 Å². The van der Waals surface area contributed by atoms with E-state index in [1.165, 1.54) is 6.07 Å². The molecule has 2 aliphatic rings. The lowest BCUT2D eigenvalue weighted by molar-refractivity contribution is -0.118. The van der Waals surface area contributed by atoms with Gasteiger partial charge in [-0.15, -0.1) is 11.8 Å². The van der Waals surface area contributed by atoms with Gasteiger partial charge in [0.15, 0.2) is 11.6 Å². The topological polar surface area (TPSA) is 79.4 Å². The number of anilines is 1. The van der Waals surface area contributed by atoms with Crippen molar-refractivity contribution < 1.29 is 22.7 Å². The molecule has 7 nitrogen and oxygen atoms in total. The summed E-state index contributed by atoms with van der Waals surface area (Å²) in [6.07, 6.45) is 3.91. The van der Waals surface area contributed by atoms with Crippen molar-refractivity contribution in [3.8, 4) is 17.1 Å². The predicted octanol–water partition coefficient (Wildman–Crippen LogP) is 5.10. The third-order valence-corrected chi connectivity index (χ3v) is 8.35. The van der Waals surface area contributed by atoms with Crippen molar-refractivity contribution in [2.24, 2.45) is 0 Å². The summed E-state index contributed by atoms with van der Waals surface area (Å²) in [5.74, 6) is -2.52. The zero-order valence-electron chi connectivity index (χ0n) is 21.7. The van der Waals surface area contributed by atoms with Crippen LogP contribution in [0.25, 0.3) is 22.0 Å². The molecule has 11 heteroatoms. The van der Waals surface area contributed by atoms with Gasteiger partial charge < -0.3 is 20.3 Å². The van der Waals surface area contributed by atoms with Gasteiger partial charge in [0, 0.05) is 35.0 Å². The summed E-state index contributed by atoms with van der Waals surface area (Å²) >= 11 is 1.60. The van der Waals surface area contributed by atoms with Gasteiger partial charge >= 0.3 is 6.01 Å².